The standard InChI is InChI=1S/C16H27N/c1-5-6-7-8-16(17-4)12-15-11-13(2)9-10-14(15)3/h9-11,16-17H,5-8,12H2,1-4H3. The van der Waals surface area contributed by atoms with Gasteiger partial charge in [0.1, 0.15) is 0 Å². The molecule has 0 aliphatic heterocycles. The van der Waals surface area contributed by atoms with Crippen LogP contribution in [0.4, 0.5) is 0 Å². The van der Waals surface area contributed by atoms with E-state index in [1.165, 1.54) is 42.4 Å². The highest BCUT2D eigenvalue weighted by Crippen LogP contribution is 2.15. The van der Waals surface area contributed by atoms with Crippen LogP contribution in [0.1, 0.15) is 49.3 Å². The van der Waals surface area contributed by atoms with E-state index in [9.17, 15) is 0 Å². The van der Waals surface area contributed by atoms with Crippen LogP contribution in [0.25, 0.3) is 0 Å². The molecular formula is C16H27N. The maximum absolute atomic E-state index is 3.46. The highest BCUT2D eigenvalue weighted by atomic mass is 14.9. The first kappa shape index (κ1) is 14.2. The fraction of sp³-hybridized carbons (Fsp3) is 0.625. The molecule has 0 aliphatic rings. The van der Waals surface area contributed by atoms with Crippen LogP contribution >= 0.6 is 0 Å². The van der Waals surface area contributed by atoms with Gasteiger partial charge in [0.15, 0.2) is 0 Å². The molecule has 0 spiro atoms. The predicted molar refractivity (Wildman–Crippen MR) is 76.6 cm³/mol. The number of rotatable bonds is 7. The Bertz CT molecular complexity index is 330. The Labute approximate surface area is 107 Å². The summed E-state index contributed by atoms with van der Waals surface area (Å²) in [7, 11) is 2.09. The van der Waals surface area contributed by atoms with Crippen molar-refractivity contribution in [1.29, 1.82) is 0 Å². The van der Waals surface area contributed by atoms with Gasteiger partial charge in [-0.3, -0.25) is 0 Å². The first-order valence-corrected chi connectivity index (χ1v) is 6.90. The van der Waals surface area contributed by atoms with E-state index in [0.717, 1.165) is 6.42 Å². The van der Waals surface area contributed by atoms with Gasteiger partial charge in [0.05, 0.1) is 0 Å². The van der Waals surface area contributed by atoms with E-state index < -0.39 is 0 Å². The fourth-order valence-corrected chi connectivity index (χ4v) is 2.27. The molecule has 0 aliphatic carbocycles. The summed E-state index contributed by atoms with van der Waals surface area (Å²) in [5.74, 6) is 0. The van der Waals surface area contributed by atoms with Crippen molar-refractivity contribution < 1.29 is 0 Å². The normalized spacial score (nSPS) is 12.7. The number of nitrogens with one attached hydrogen (secondary N) is 1. The van der Waals surface area contributed by atoms with E-state index in [2.05, 4.69) is 51.3 Å². The van der Waals surface area contributed by atoms with Gasteiger partial charge in [0.25, 0.3) is 0 Å². The second-order valence-electron chi connectivity index (χ2n) is 5.12. The first-order chi connectivity index (χ1) is 8.17. The average molecular weight is 233 g/mol. The third-order valence-electron chi connectivity index (χ3n) is 3.54. The van der Waals surface area contributed by atoms with Crippen LogP contribution < -0.4 is 5.32 Å². The highest BCUT2D eigenvalue weighted by Gasteiger charge is 2.08. The van der Waals surface area contributed by atoms with E-state index in [4.69, 9.17) is 0 Å². The summed E-state index contributed by atoms with van der Waals surface area (Å²) in [5, 5.41) is 3.46. The van der Waals surface area contributed by atoms with E-state index in [-0.39, 0.29) is 0 Å². The Hall–Kier alpha value is -0.820. The lowest BCUT2D eigenvalue weighted by atomic mass is 9.96. The third-order valence-corrected chi connectivity index (χ3v) is 3.54. The molecule has 17 heavy (non-hydrogen) atoms. The van der Waals surface area contributed by atoms with Crippen molar-refractivity contribution in [3.05, 3.63) is 34.9 Å². The van der Waals surface area contributed by atoms with E-state index in [0.29, 0.717) is 6.04 Å². The second-order valence-corrected chi connectivity index (χ2v) is 5.12. The lowest BCUT2D eigenvalue weighted by molar-refractivity contribution is 0.489. The summed E-state index contributed by atoms with van der Waals surface area (Å²) in [4.78, 5) is 0. The number of unbranched alkanes of at least 4 members (excludes halogenated alkanes) is 2. The molecule has 1 nitrogen and oxygen atoms in total. The van der Waals surface area contributed by atoms with Gasteiger partial charge in [-0.2, -0.15) is 0 Å². The summed E-state index contributed by atoms with van der Waals surface area (Å²) in [6, 6.07) is 7.40. The average Bonchev–Trinajstić information content (AvgIpc) is 2.32. The number of aryl methyl sites for hydroxylation is 2. The molecule has 0 saturated carbocycles. The number of benzene rings is 1. The lowest BCUT2D eigenvalue weighted by Crippen LogP contribution is -2.27. The Morgan fingerprint density at radius 3 is 2.59 bits per heavy atom. The van der Waals surface area contributed by atoms with Crippen LogP contribution in [0.15, 0.2) is 18.2 Å². The largest absolute Gasteiger partial charge is 0.317 e. The monoisotopic (exact) mass is 233 g/mol. The number of hydrogen-bond donors (Lipinski definition) is 1. The van der Waals surface area contributed by atoms with Gasteiger partial charge in [-0.15, -0.1) is 0 Å². The minimum absolute atomic E-state index is 0.627. The molecule has 1 N–H and O–H groups in total. The topological polar surface area (TPSA) is 12.0 Å². The number of likely N-dealkylation sites (N-methyl/N-ethyl adjacent to an activating group) is 1. The fourth-order valence-electron chi connectivity index (χ4n) is 2.27. The summed E-state index contributed by atoms with van der Waals surface area (Å²) in [6.07, 6.45) is 6.45. The van der Waals surface area contributed by atoms with Crippen molar-refractivity contribution in [2.75, 3.05) is 7.05 Å². The van der Waals surface area contributed by atoms with Crippen molar-refractivity contribution in [3.8, 4) is 0 Å². The zero-order chi connectivity index (χ0) is 12.7. The molecule has 1 unspecified atom stereocenters. The molecular weight excluding hydrogens is 206 g/mol. The molecule has 1 heteroatoms. The number of hydrogen-bond acceptors (Lipinski definition) is 1. The van der Waals surface area contributed by atoms with Crippen molar-refractivity contribution in [1.82, 2.24) is 5.32 Å². The van der Waals surface area contributed by atoms with E-state index >= 15 is 0 Å². The van der Waals surface area contributed by atoms with Crippen LogP contribution in [0.5, 0.6) is 0 Å². The molecule has 1 atom stereocenters. The van der Waals surface area contributed by atoms with Crippen molar-refractivity contribution in [3.63, 3.8) is 0 Å². The second kappa shape index (κ2) is 7.50. The van der Waals surface area contributed by atoms with Gasteiger partial charge in [-0.05, 0) is 44.9 Å². The van der Waals surface area contributed by atoms with Crippen molar-refractivity contribution in [2.24, 2.45) is 0 Å². The third kappa shape index (κ3) is 4.91. The minimum Gasteiger partial charge on any atom is -0.317 e. The molecule has 0 radical (unpaired) electrons. The molecule has 1 aromatic carbocycles. The summed E-state index contributed by atoms with van der Waals surface area (Å²) in [6.45, 7) is 6.65. The molecule has 1 aromatic rings. The maximum atomic E-state index is 3.46. The van der Waals surface area contributed by atoms with Crippen LogP contribution in [-0.2, 0) is 6.42 Å². The van der Waals surface area contributed by atoms with Crippen molar-refractivity contribution >= 4 is 0 Å². The first-order valence-electron chi connectivity index (χ1n) is 6.90. The molecule has 0 aromatic heterocycles. The molecule has 0 bridgehead atoms. The highest BCUT2D eigenvalue weighted by molar-refractivity contribution is 5.31. The Kier molecular flexibility index (Phi) is 6.28. The van der Waals surface area contributed by atoms with Crippen molar-refractivity contribution in [2.45, 2.75) is 58.9 Å². The summed E-state index contributed by atoms with van der Waals surface area (Å²) < 4.78 is 0. The SMILES string of the molecule is CCCCCC(Cc1cc(C)ccc1C)NC. The van der Waals surface area contributed by atoms with Crippen LogP contribution in [0, 0.1) is 13.8 Å². The predicted octanol–water partition coefficient (Wildman–Crippen LogP) is 4.01. The Morgan fingerprint density at radius 2 is 1.94 bits per heavy atom. The molecule has 0 heterocycles. The van der Waals surface area contributed by atoms with Crippen LogP contribution in [-0.4, -0.2) is 13.1 Å². The van der Waals surface area contributed by atoms with Crippen LogP contribution in [0.3, 0.4) is 0 Å². The zero-order valence-electron chi connectivity index (χ0n) is 11.8. The molecule has 1 rings (SSSR count). The molecule has 0 saturated heterocycles. The Morgan fingerprint density at radius 1 is 1.18 bits per heavy atom. The quantitative estimate of drug-likeness (QED) is 0.702. The Balaban J connectivity index is 2.57. The smallest absolute Gasteiger partial charge is 0.0105 e. The van der Waals surface area contributed by atoms with E-state index in [1.807, 2.05) is 0 Å². The molecule has 0 fully saturated rings. The van der Waals surface area contributed by atoms with Gasteiger partial charge < -0.3 is 5.32 Å². The molecule has 96 valence electrons. The van der Waals surface area contributed by atoms with Crippen LogP contribution in [0.2, 0.25) is 0 Å². The zero-order valence-corrected chi connectivity index (χ0v) is 11.8. The summed E-state index contributed by atoms with van der Waals surface area (Å²) in [5.41, 5.74) is 4.29. The van der Waals surface area contributed by atoms with Gasteiger partial charge in [-0.1, -0.05) is 49.9 Å². The lowest BCUT2D eigenvalue weighted by Gasteiger charge is -2.17. The molecule has 0 amide bonds. The summed E-state index contributed by atoms with van der Waals surface area (Å²) >= 11 is 0. The van der Waals surface area contributed by atoms with Gasteiger partial charge in [0.2, 0.25) is 0 Å². The minimum atomic E-state index is 0.627. The van der Waals surface area contributed by atoms with Gasteiger partial charge in [-0.25, -0.2) is 0 Å². The van der Waals surface area contributed by atoms with E-state index in [1.54, 1.807) is 0 Å². The maximum Gasteiger partial charge on any atom is 0.0105 e. The van der Waals surface area contributed by atoms with Gasteiger partial charge >= 0.3 is 0 Å². The van der Waals surface area contributed by atoms with Gasteiger partial charge in [0, 0.05) is 6.04 Å².